The van der Waals surface area contributed by atoms with Crippen LogP contribution in [0.3, 0.4) is 0 Å². The van der Waals surface area contributed by atoms with E-state index in [1.54, 1.807) is 0 Å². The highest BCUT2D eigenvalue weighted by Gasteiger charge is 2.10. The highest BCUT2D eigenvalue weighted by molar-refractivity contribution is 5.09. The van der Waals surface area contributed by atoms with Gasteiger partial charge in [0.25, 0.3) is 0 Å². The van der Waals surface area contributed by atoms with Crippen molar-refractivity contribution < 1.29 is 0 Å². The van der Waals surface area contributed by atoms with E-state index >= 15 is 0 Å². The number of allylic oxidation sites excluding steroid dienone is 1. The molecule has 0 spiro atoms. The van der Waals surface area contributed by atoms with Gasteiger partial charge in [0.05, 0.1) is 0 Å². The van der Waals surface area contributed by atoms with Crippen LogP contribution in [-0.4, -0.2) is 13.1 Å². The summed E-state index contributed by atoms with van der Waals surface area (Å²) in [5.41, 5.74) is 6.97. The van der Waals surface area contributed by atoms with Crippen molar-refractivity contribution in [1.29, 1.82) is 0 Å². The van der Waals surface area contributed by atoms with Gasteiger partial charge in [0.1, 0.15) is 0 Å². The van der Waals surface area contributed by atoms with Gasteiger partial charge < -0.3 is 11.1 Å². The molecule has 0 saturated carbocycles. The molecule has 9 heavy (non-hydrogen) atoms. The minimum atomic E-state index is 0.267. The van der Waals surface area contributed by atoms with Crippen molar-refractivity contribution in [3.05, 3.63) is 11.8 Å². The first-order chi connectivity index (χ1) is 4.34. The molecule has 0 saturated heterocycles. The Morgan fingerprint density at radius 2 is 2.56 bits per heavy atom. The van der Waals surface area contributed by atoms with Gasteiger partial charge in [-0.25, -0.2) is 0 Å². The summed E-state index contributed by atoms with van der Waals surface area (Å²) in [6.45, 7) is 0. The van der Waals surface area contributed by atoms with E-state index in [2.05, 4.69) is 11.4 Å². The molecule has 3 N–H and O–H groups in total. The van der Waals surface area contributed by atoms with E-state index in [1.165, 1.54) is 18.5 Å². The molecule has 0 aliphatic heterocycles. The lowest BCUT2D eigenvalue weighted by molar-refractivity contribution is 0.585. The van der Waals surface area contributed by atoms with Crippen LogP contribution in [0.2, 0.25) is 0 Å². The van der Waals surface area contributed by atoms with Gasteiger partial charge in [0.2, 0.25) is 0 Å². The summed E-state index contributed by atoms with van der Waals surface area (Å²) in [6.07, 6.45) is 5.75. The predicted octanol–water partition coefficient (Wildman–Crippen LogP) is 0.601. The van der Waals surface area contributed by atoms with Crippen molar-refractivity contribution in [3.63, 3.8) is 0 Å². The maximum atomic E-state index is 5.76. The topological polar surface area (TPSA) is 38.0 Å². The molecule has 1 aliphatic carbocycles. The molecule has 0 bridgehead atoms. The Balaban J connectivity index is 2.53. The molecule has 52 valence electrons. The third-order valence-corrected chi connectivity index (χ3v) is 1.77. The normalized spacial score (nSPS) is 27.3. The molecule has 0 aromatic carbocycles. The molecule has 1 rings (SSSR count). The minimum Gasteiger partial charge on any atom is -0.390 e. The zero-order valence-corrected chi connectivity index (χ0v) is 5.85. The molecule has 0 heterocycles. The summed E-state index contributed by atoms with van der Waals surface area (Å²) in [4.78, 5) is 0. The van der Waals surface area contributed by atoms with Crippen molar-refractivity contribution in [2.45, 2.75) is 25.3 Å². The maximum absolute atomic E-state index is 5.76. The van der Waals surface area contributed by atoms with E-state index in [0.717, 1.165) is 6.42 Å². The van der Waals surface area contributed by atoms with Crippen LogP contribution < -0.4 is 11.1 Å². The molecule has 2 heteroatoms. The molecule has 0 radical (unpaired) electrons. The van der Waals surface area contributed by atoms with Crippen molar-refractivity contribution in [2.75, 3.05) is 7.05 Å². The predicted molar refractivity (Wildman–Crippen MR) is 39.0 cm³/mol. The lowest BCUT2D eigenvalue weighted by Gasteiger charge is -2.19. The van der Waals surface area contributed by atoms with Gasteiger partial charge in [-0.1, -0.05) is 6.08 Å². The van der Waals surface area contributed by atoms with Crippen LogP contribution in [0.1, 0.15) is 19.3 Å². The average Bonchev–Trinajstić information content (AvgIpc) is 1.89. The van der Waals surface area contributed by atoms with Crippen molar-refractivity contribution in [3.8, 4) is 0 Å². The molecule has 0 aromatic rings. The van der Waals surface area contributed by atoms with Gasteiger partial charge in [0, 0.05) is 18.8 Å². The van der Waals surface area contributed by atoms with Crippen LogP contribution in [0.25, 0.3) is 0 Å². The third kappa shape index (κ3) is 1.45. The molecule has 0 aromatic heterocycles. The fourth-order valence-electron chi connectivity index (χ4n) is 1.19. The summed E-state index contributed by atoms with van der Waals surface area (Å²) in [6, 6.07) is 0.267. The summed E-state index contributed by atoms with van der Waals surface area (Å²) in [5.74, 6) is 0. The van der Waals surface area contributed by atoms with Crippen molar-refractivity contribution in [2.24, 2.45) is 5.73 Å². The Hall–Kier alpha value is -0.500. The highest BCUT2D eigenvalue weighted by Crippen LogP contribution is 2.13. The van der Waals surface area contributed by atoms with Crippen molar-refractivity contribution >= 4 is 0 Å². The number of hydrogen-bond donors (Lipinski definition) is 2. The zero-order valence-electron chi connectivity index (χ0n) is 5.85. The van der Waals surface area contributed by atoms with E-state index in [4.69, 9.17) is 5.73 Å². The van der Waals surface area contributed by atoms with Crippen LogP contribution in [0.5, 0.6) is 0 Å². The number of rotatable bonds is 1. The van der Waals surface area contributed by atoms with Gasteiger partial charge in [0.15, 0.2) is 0 Å². The Kier molecular flexibility index (Phi) is 2.11. The minimum absolute atomic E-state index is 0.267. The van der Waals surface area contributed by atoms with Crippen LogP contribution >= 0.6 is 0 Å². The smallest absolute Gasteiger partial charge is 0.0441 e. The highest BCUT2D eigenvalue weighted by atomic mass is 14.9. The number of likely N-dealkylation sites (N-methyl/N-ethyl adjacent to an activating group) is 1. The molecule has 0 amide bonds. The SMILES string of the molecule is CNC1=CCCCC1N. The largest absolute Gasteiger partial charge is 0.390 e. The second-order valence-electron chi connectivity index (χ2n) is 2.45. The zero-order chi connectivity index (χ0) is 6.69. The summed E-state index contributed by atoms with van der Waals surface area (Å²) < 4.78 is 0. The molecule has 1 aliphatic rings. The average molecular weight is 126 g/mol. The molecule has 1 unspecified atom stereocenters. The lowest BCUT2D eigenvalue weighted by atomic mass is 10.0. The van der Waals surface area contributed by atoms with Gasteiger partial charge in [-0.3, -0.25) is 0 Å². The Bertz CT molecular complexity index is 118. The summed E-state index contributed by atoms with van der Waals surface area (Å²) in [7, 11) is 1.93. The summed E-state index contributed by atoms with van der Waals surface area (Å²) >= 11 is 0. The first-order valence-corrected chi connectivity index (χ1v) is 3.48. The van der Waals surface area contributed by atoms with Gasteiger partial charge in [-0.15, -0.1) is 0 Å². The van der Waals surface area contributed by atoms with E-state index in [9.17, 15) is 0 Å². The summed E-state index contributed by atoms with van der Waals surface area (Å²) in [5, 5.41) is 3.09. The first kappa shape index (κ1) is 6.62. The first-order valence-electron chi connectivity index (χ1n) is 3.48. The van der Waals surface area contributed by atoms with Gasteiger partial charge in [-0.2, -0.15) is 0 Å². The quantitative estimate of drug-likeness (QED) is 0.540. The fourth-order valence-corrected chi connectivity index (χ4v) is 1.19. The second-order valence-corrected chi connectivity index (χ2v) is 2.45. The second kappa shape index (κ2) is 2.87. The van der Waals surface area contributed by atoms with Crippen molar-refractivity contribution in [1.82, 2.24) is 5.32 Å². The Labute approximate surface area is 56.1 Å². The van der Waals surface area contributed by atoms with E-state index < -0.39 is 0 Å². The van der Waals surface area contributed by atoms with Crippen LogP contribution in [0.15, 0.2) is 11.8 Å². The molecule has 1 atom stereocenters. The van der Waals surface area contributed by atoms with E-state index in [0.29, 0.717) is 0 Å². The van der Waals surface area contributed by atoms with E-state index in [1.807, 2.05) is 7.05 Å². The standard InChI is InChI=1S/C7H14N2/c1-9-7-5-3-2-4-6(7)8/h5-6,9H,2-4,8H2,1H3. The Morgan fingerprint density at radius 3 is 3.00 bits per heavy atom. The monoisotopic (exact) mass is 126 g/mol. The van der Waals surface area contributed by atoms with Gasteiger partial charge in [-0.05, 0) is 19.3 Å². The van der Waals surface area contributed by atoms with E-state index in [-0.39, 0.29) is 6.04 Å². The number of nitrogens with two attached hydrogens (primary N) is 1. The van der Waals surface area contributed by atoms with Crippen LogP contribution in [0.4, 0.5) is 0 Å². The Morgan fingerprint density at radius 1 is 1.78 bits per heavy atom. The number of hydrogen-bond acceptors (Lipinski definition) is 2. The molecular weight excluding hydrogens is 112 g/mol. The fraction of sp³-hybridized carbons (Fsp3) is 0.714. The molecule has 2 nitrogen and oxygen atoms in total. The number of nitrogens with one attached hydrogen (secondary N) is 1. The van der Waals surface area contributed by atoms with Crippen LogP contribution in [-0.2, 0) is 0 Å². The van der Waals surface area contributed by atoms with Gasteiger partial charge >= 0.3 is 0 Å². The lowest BCUT2D eigenvalue weighted by Crippen LogP contribution is -2.31. The van der Waals surface area contributed by atoms with Crippen LogP contribution in [0, 0.1) is 0 Å². The molecular formula is C7H14N2. The third-order valence-electron chi connectivity index (χ3n) is 1.77. The maximum Gasteiger partial charge on any atom is 0.0441 e. The molecule has 0 fully saturated rings.